The van der Waals surface area contributed by atoms with Crippen LogP contribution in [0.4, 0.5) is 0 Å². The molecule has 2 aromatic rings. The molecule has 0 unspecified atom stereocenters. The lowest BCUT2D eigenvalue weighted by atomic mass is 9.73. The smallest absolute Gasteiger partial charge is 0.345 e. The lowest BCUT2D eigenvalue weighted by Crippen LogP contribution is -2.47. The molecule has 118 valence electrons. The second-order valence-electron chi connectivity index (χ2n) is 5.48. The van der Waals surface area contributed by atoms with E-state index in [1.165, 1.54) is 5.56 Å². The van der Waals surface area contributed by atoms with Crippen LogP contribution < -0.4 is 5.73 Å². The van der Waals surface area contributed by atoms with Gasteiger partial charge >= 0.3 is 11.9 Å². The lowest BCUT2D eigenvalue weighted by Gasteiger charge is -2.42. The minimum atomic E-state index is -0.743. The summed E-state index contributed by atoms with van der Waals surface area (Å²) in [6, 6.07) is 17.2. The molecule has 2 aromatic carbocycles. The van der Waals surface area contributed by atoms with Gasteiger partial charge in [0.1, 0.15) is 0 Å². The van der Waals surface area contributed by atoms with Gasteiger partial charge in [-0.25, -0.2) is 4.79 Å². The van der Waals surface area contributed by atoms with Crippen LogP contribution >= 0.6 is 0 Å². The molecule has 5 nitrogen and oxygen atoms in total. The van der Waals surface area contributed by atoms with Crippen molar-refractivity contribution in [3.63, 3.8) is 0 Å². The van der Waals surface area contributed by atoms with Crippen LogP contribution in [-0.2, 0) is 19.7 Å². The minimum absolute atomic E-state index is 0.184. The average Bonchev–Trinajstić information content (AvgIpc) is 2.55. The maximum absolute atomic E-state index is 11.8. The van der Waals surface area contributed by atoms with Crippen molar-refractivity contribution in [2.24, 2.45) is 5.73 Å². The normalized spacial score (nSPS) is 15.5. The highest BCUT2D eigenvalue weighted by Crippen LogP contribution is 2.39. The fraction of sp³-hybridized carbons (Fsp3) is 0.222. The Labute approximate surface area is 134 Å². The third-order valence-electron chi connectivity index (χ3n) is 4.07. The summed E-state index contributed by atoms with van der Waals surface area (Å²) in [6.45, 7) is 0.886. The van der Waals surface area contributed by atoms with Gasteiger partial charge in [-0.3, -0.25) is 4.79 Å². The van der Waals surface area contributed by atoms with Crippen LogP contribution in [0, 0.1) is 0 Å². The molecule has 0 bridgehead atoms. The molecular weight excluding hydrogens is 294 g/mol. The van der Waals surface area contributed by atoms with Crippen LogP contribution in [-0.4, -0.2) is 31.7 Å². The Bertz CT molecular complexity index is 706. The first-order valence-corrected chi connectivity index (χ1v) is 7.34. The van der Waals surface area contributed by atoms with Crippen LogP contribution in [0.15, 0.2) is 54.6 Å². The van der Waals surface area contributed by atoms with Crippen LogP contribution in [0.2, 0.25) is 0 Å². The largest absolute Gasteiger partial charge is 0.388 e. The molecule has 2 N–H and O–H groups in total. The van der Waals surface area contributed by atoms with Gasteiger partial charge in [-0.1, -0.05) is 42.5 Å². The summed E-state index contributed by atoms with van der Waals surface area (Å²) < 4.78 is 10.1. The Balaban J connectivity index is 1.84. The number of ether oxygens (including phenoxy) is 2. The molecule has 0 aliphatic carbocycles. The highest BCUT2D eigenvalue weighted by atomic mass is 16.6. The topological polar surface area (TPSA) is 78.6 Å². The third-order valence-corrected chi connectivity index (χ3v) is 4.07. The highest BCUT2D eigenvalue weighted by molar-refractivity contribution is 5.97. The Morgan fingerprint density at radius 3 is 2.13 bits per heavy atom. The summed E-state index contributed by atoms with van der Waals surface area (Å²) in [5, 5.41) is 0. The molecule has 1 heterocycles. The molecule has 0 atom stereocenters. The Morgan fingerprint density at radius 2 is 1.61 bits per heavy atom. The van der Waals surface area contributed by atoms with Crippen molar-refractivity contribution >= 4 is 11.9 Å². The van der Waals surface area contributed by atoms with Gasteiger partial charge in [0.05, 0.1) is 30.7 Å². The number of esters is 2. The molecular formula is C18H17NO4. The zero-order valence-electron chi connectivity index (χ0n) is 12.5. The van der Waals surface area contributed by atoms with E-state index in [2.05, 4.69) is 16.9 Å². The van der Waals surface area contributed by atoms with E-state index in [1.54, 1.807) is 12.1 Å². The van der Waals surface area contributed by atoms with Gasteiger partial charge < -0.3 is 15.2 Å². The third kappa shape index (κ3) is 2.88. The van der Waals surface area contributed by atoms with Crippen molar-refractivity contribution in [3.05, 3.63) is 71.3 Å². The Kier molecular flexibility index (Phi) is 4.23. The first kappa shape index (κ1) is 15.4. The van der Waals surface area contributed by atoms with Crippen molar-refractivity contribution in [1.82, 2.24) is 0 Å². The van der Waals surface area contributed by atoms with Crippen LogP contribution in [0.5, 0.6) is 0 Å². The molecule has 0 amide bonds. The predicted octanol–water partition coefficient (Wildman–Crippen LogP) is 1.64. The fourth-order valence-corrected chi connectivity index (χ4v) is 2.69. The summed E-state index contributed by atoms with van der Waals surface area (Å²) in [4.78, 5) is 22.9. The van der Waals surface area contributed by atoms with E-state index in [9.17, 15) is 9.59 Å². The van der Waals surface area contributed by atoms with Gasteiger partial charge in [0, 0.05) is 0 Å². The van der Waals surface area contributed by atoms with Crippen molar-refractivity contribution in [2.75, 3.05) is 19.8 Å². The van der Waals surface area contributed by atoms with E-state index in [4.69, 9.17) is 10.5 Å². The maximum atomic E-state index is 11.8. The lowest BCUT2D eigenvalue weighted by molar-refractivity contribution is -0.136. The Hall–Kier alpha value is -2.50. The number of hydrogen-bond acceptors (Lipinski definition) is 5. The summed E-state index contributed by atoms with van der Waals surface area (Å²) in [6.07, 6.45) is 0. The van der Waals surface area contributed by atoms with E-state index in [-0.39, 0.29) is 12.0 Å². The van der Waals surface area contributed by atoms with Gasteiger partial charge in [0.2, 0.25) is 0 Å². The number of benzene rings is 2. The monoisotopic (exact) mass is 311 g/mol. The van der Waals surface area contributed by atoms with Crippen LogP contribution in [0.25, 0.3) is 0 Å². The minimum Gasteiger partial charge on any atom is -0.388 e. The van der Waals surface area contributed by atoms with E-state index in [1.807, 2.05) is 30.3 Å². The van der Waals surface area contributed by atoms with Crippen LogP contribution in [0.3, 0.4) is 0 Å². The molecule has 5 heteroatoms. The first-order valence-electron chi connectivity index (χ1n) is 7.34. The second-order valence-corrected chi connectivity index (χ2v) is 5.48. The van der Waals surface area contributed by atoms with Gasteiger partial charge in [0.15, 0.2) is 0 Å². The maximum Gasteiger partial charge on any atom is 0.345 e. The summed E-state index contributed by atoms with van der Waals surface area (Å²) >= 11 is 0. The van der Waals surface area contributed by atoms with Gasteiger partial charge in [-0.2, -0.15) is 0 Å². The molecule has 0 saturated carbocycles. The molecule has 1 saturated heterocycles. The highest BCUT2D eigenvalue weighted by Gasteiger charge is 2.41. The zero-order chi connectivity index (χ0) is 16.3. The van der Waals surface area contributed by atoms with Crippen molar-refractivity contribution in [1.29, 1.82) is 0 Å². The molecule has 3 rings (SSSR count). The number of carbonyl (C=O) groups excluding carboxylic acids is 2. The molecule has 0 spiro atoms. The number of nitrogens with two attached hydrogens (primary N) is 1. The first-order chi connectivity index (χ1) is 11.2. The molecule has 1 aliphatic rings. The summed E-state index contributed by atoms with van der Waals surface area (Å²) in [5.41, 5.74) is 7.51. The van der Waals surface area contributed by atoms with E-state index < -0.39 is 11.9 Å². The summed E-state index contributed by atoms with van der Waals surface area (Å²) in [5.74, 6) is -1.43. The van der Waals surface area contributed by atoms with Gasteiger partial charge in [-0.15, -0.1) is 0 Å². The predicted molar refractivity (Wildman–Crippen MR) is 84.0 cm³/mol. The fourth-order valence-electron chi connectivity index (χ4n) is 2.69. The molecule has 1 aliphatic heterocycles. The standard InChI is InChI=1S/C18H17NO4/c19-10-16(20)23-17(21)13-6-8-15(9-7-13)18(11-22-12-18)14-4-2-1-3-5-14/h1-9H,10-12,19H2. The number of carbonyl (C=O) groups is 2. The van der Waals surface area contributed by atoms with Crippen molar-refractivity contribution in [3.8, 4) is 0 Å². The average molecular weight is 311 g/mol. The molecule has 0 radical (unpaired) electrons. The zero-order valence-corrected chi connectivity index (χ0v) is 12.5. The van der Waals surface area contributed by atoms with E-state index in [0.717, 1.165) is 5.56 Å². The van der Waals surface area contributed by atoms with Crippen molar-refractivity contribution in [2.45, 2.75) is 5.41 Å². The second kappa shape index (κ2) is 6.32. The van der Waals surface area contributed by atoms with E-state index in [0.29, 0.717) is 18.8 Å². The Morgan fingerprint density at radius 1 is 1.00 bits per heavy atom. The van der Waals surface area contributed by atoms with Gasteiger partial charge in [-0.05, 0) is 23.3 Å². The molecule has 1 fully saturated rings. The SMILES string of the molecule is NCC(=O)OC(=O)c1ccc(C2(c3ccccc3)COC2)cc1. The quantitative estimate of drug-likeness (QED) is 0.686. The number of hydrogen-bond donors (Lipinski definition) is 1. The van der Waals surface area contributed by atoms with E-state index >= 15 is 0 Å². The number of rotatable bonds is 4. The van der Waals surface area contributed by atoms with Crippen LogP contribution in [0.1, 0.15) is 21.5 Å². The molecule has 23 heavy (non-hydrogen) atoms. The van der Waals surface area contributed by atoms with Crippen molar-refractivity contribution < 1.29 is 19.1 Å². The van der Waals surface area contributed by atoms with Gasteiger partial charge in [0.25, 0.3) is 0 Å². The molecule has 0 aromatic heterocycles. The summed E-state index contributed by atoms with van der Waals surface area (Å²) in [7, 11) is 0.